The molecule has 5 nitrogen and oxygen atoms in total. The Morgan fingerprint density at radius 3 is 2.65 bits per heavy atom. The molecule has 0 saturated heterocycles. The Labute approximate surface area is 154 Å². The number of Topliss-reactive ketones (excluding diaryl/α,β-unsaturated/α-hetero) is 1. The predicted octanol–water partition coefficient (Wildman–Crippen LogP) is 3.94. The Balaban J connectivity index is 1.67. The van der Waals surface area contributed by atoms with Gasteiger partial charge in [-0.15, -0.1) is 0 Å². The summed E-state index contributed by atoms with van der Waals surface area (Å²) in [5.41, 5.74) is 1.84. The van der Waals surface area contributed by atoms with Crippen LogP contribution in [0.2, 0.25) is 0 Å². The van der Waals surface area contributed by atoms with Crippen molar-refractivity contribution < 1.29 is 14.0 Å². The third kappa shape index (κ3) is 4.37. The van der Waals surface area contributed by atoms with E-state index in [2.05, 4.69) is 10.3 Å². The first-order chi connectivity index (χ1) is 12.5. The van der Waals surface area contributed by atoms with Crippen molar-refractivity contribution in [3.63, 3.8) is 0 Å². The van der Waals surface area contributed by atoms with E-state index in [-0.39, 0.29) is 23.3 Å². The highest BCUT2D eigenvalue weighted by Gasteiger charge is 2.11. The molecule has 0 unspecified atom stereocenters. The van der Waals surface area contributed by atoms with Crippen LogP contribution in [0.5, 0.6) is 0 Å². The molecule has 1 N–H and O–H groups in total. The second-order valence-corrected chi connectivity index (χ2v) is 6.47. The zero-order valence-corrected chi connectivity index (χ0v) is 14.8. The maximum atomic E-state index is 13.4. The van der Waals surface area contributed by atoms with Crippen LogP contribution in [0.15, 0.2) is 66.1 Å². The van der Waals surface area contributed by atoms with Gasteiger partial charge in [0.05, 0.1) is 11.4 Å². The summed E-state index contributed by atoms with van der Waals surface area (Å²) in [6, 6.07) is 12.9. The summed E-state index contributed by atoms with van der Waals surface area (Å²) in [6.07, 6.45) is 3.34. The average molecular weight is 369 g/mol. The molecule has 1 aromatic heterocycles. The van der Waals surface area contributed by atoms with Gasteiger partial charge in [-0.05, 0) is 42.5 Å². The minimum absolute atomic E-state index is 0.0573. The number of hydrogen-bond donors (Lipinski definition) is 1. The highest BCUT2D eigenvalue weighted by Crippen LogP contribution is 2.22. The molecule has 132 valence electrons. The number of carbonyl (C=O) groups is 2. The fourth-order valence-corrected chi connectivity index (χ4v) is 3.24. The van der Waals surface area contributed by atoms with Gasteiger partial charge in [-0.1, -0.05) is 17.8 Å². The summed E-state index contributed by atoms with van der Waals surface area (Å²) in [5.74, 6) is -0.351. The third-order valence-corrected chi connectivity index (χ3v) is 4.52. The lowest BCUT2D eigenvalue weighted by molar-refractivity contribution is -0.114. The van der Waals surface area contributed by atoms with Gasteiger partial charge in [-0.2, -0.15) is 0 Å². The van der Waals surface area contributed by atoms with Gasteiger partial charge >= 0.3 is 0 Å². The van der Waals surface area contributed by atoms with Crippen LogP contribution in [0.25, 0.3) is 5.69 Å². The van der Waals surface area contributed by atoms with Crippen molar-refractivity contribution in [1.82, 2.24) is 9.55 Å². The van der Waals surface area contributed by atoms with E-state index in [0.29, 0.717) is 22.1 Å². The fraction of sp³-hybridized carbons (Fsp3) is 0.105. The molecule has 0 fully saturated rings. The summed E-state index contributed by atoms with van der Waals surface area (Å²) in [6.45, 7) is 1.43. The monoisotopic (exact) mass is 369 g/mol. The van der Waals surface area contributed by atoms with Crippen LogP contribution in [-0.4, -0.2) is 27.0 Å². The van der Waals surface area contributed by atoms with Crippen molar-refractivity contribution in [3.8, 4) is 5.69 Å². The first kappa shape index (κ1) is 17.9. The van der Waals surface area contributed by atoms with Gasteiger partial charge in [0.15, 0.2) is 10.9 Å². The molecular formula is C19H16FN3O2S. The van der Waals surface area contributed by atoms with Crippen LogP contribution < -0.4 is 5.32 Å². The van der Waals surface area contributed by atoms with Crippen molar-refractivity contribution in [2.75, 3.05) is 11.1 Å². The molecule has 0 spiro atoms. The lowest BCUT2D eigenvalue weighted by atomic mass is 10.1. The molecule has 0 aliphatic carbocycles. The first-order valence-electron chi connectivity index (χ1n) is 7.86. The number of aromatic nitrogens is 2. The Kier molecular flexibility index (Phi) is 5.48. The van der Waals surface area contributed by atoms with E-state index < -0.39 is 0 Å². The summed E-state index contributed by atoms with van der Waals surface area (Å²) < 4.78 is 15.2. The lowest BCUT2D eigenvalue weighted by Crippen LogP contribution is -2.07. The highest BCUT2D eigenvalue weighted by molar-refractivity contribution is 7.99. The zero-order chi connectivity index (χ0) is 18.5. The van der Waals surface area contributed by atoms with Crippen molar-refractivity contribution in [3.05, 3.63) is 72.3 Å². The molecule has 0 aliphatic heterocycles. The Morgan fingerprint density at radius 2 is 1.96 bits per heavy atom. The summed E-state index contributed by atoms with van der Waals surface area (Å²) in [7, 11) is 0. The Hall–Kier alpha value is -2.93. The molecule has 0 saturated carbocycles. The Bertz CT molecular complexity index is 938. The number of amides is 1. The SMILES string of the molecule is CC(=O)Nc1ccc(C(=O)CSc2nccn2-c2cccc(F)c2)cc1. The van der Waals surface area contributed by atoms with E-state index >= 15 is 0 Å². The summed E-state index contributed by atoms with van der Waals surface area (Å²) in [5, 5.41) is 3.27. The number of ketones is 1. The smallest absolute Gasteiger partial charge is 0.221 e. The average Bonchev–Trinajstić information content (AvgIpc) is 3.08. The van der Waals surface area contributed by atoms with Crippen molar-refractivity contribution in [2.45, 2.75) is 12.1 Å². The molecule has 1 heterocycles. The molecule has 3 aromatic rings. The highest BCUT2D eigenvalue weighted by atomic mass is 32.2. The molecule has 0 bridgehead atoms. The molecular weight excluding hydrogens is 353 g/mol. The summed E-state index contributed by atoms with van der Waals surface area (Å²) >= 11 is 1.28. The van der Waals surface area contributed by atoms with Crippen molar-refractivity contribution in [1.29, 1.82) is 0 Å². The number of imidazole rings is 1. The van der Waals surface area contributed by atoms with Gasteiger partial charge in [-0.25, -0.2) is 9.37 Å². The number of benzene rings is 2. The van der Waals surface area contributed by atoms with Gasteiger partial charge in [0.1, 0.15) is 5.82 Å². The number of rotatable bonds is 6. The molecule has 0 atom stereocenters. The number of nitrogens with one attached hydrogen (secondary N) is 1. The maximum absolute atomic E-state index is 13.4. The number of thioether (sulfide) groups is 1. The van der Waals surface area contributed by atoms with Crippen LogP contribution in [-0.2, 0) is 4.79 Å². The van der Waals surface area contributed by atoms with E-state index in [1.54, 1.807) is 53.4 Å². The lowest BCUT2D eigenvalue weighted by Gasteiger charge is -2.08. The molecule has 0 aliphatic rings. The van der Waals surface area contributed by atoms with Crippen LogP contribution in [0.4, 0.5) is 10.1 Å². The zero-order valence-electron chi connectivity index (χ0n) is 14.0. The summed E-state index contributed by atoms with van der Waals surface area (Å²) in [4.78, 5) is 27.6. The van der Waals surface area contributed by atoms with Crippen LogP contribution in [0.3, 0.4) is 0 Å². The van der Waals surface area contributed by atoms with Gasteiger partial charge < -0.3 is 5.32 Å². The normalized spacial score (nSPS) is 10.5. The molecule has 0 radical (unpaired) electrons. The minimum atomic E-state index is -0.331. The van der Waals surface area contributed by atoms with Gasteiger partial charge in [0, 0.05) is 30.6 Å². The number of nitrogens with zero attached hydrogens (tertiary/aromatic N) is 2. The third-order valence-electron chi connectivity index (χ3n) is 3.55. The van der Waals surface area contributed by atoms with Crippen LogP contribution in [0.1, 0.15) is 17.3 Å². The number of halogens is 1. The molecule has 26 heavy (non-hydrogen) atoms. The molecule has 1 amide bonds. The Morgan fingerprint density at radius 1 is 1.19 bits per heavy atom. The number of hydrogen-bond acceptors (Lipinski definition) is 4. The van der Waals surface area contributed by atoms with Crippen molar-refractivity contribution in [2.24, 2.45) is 0 Å². The van der Waals surface area contributed by atoms with E-state index in [9.17, 15) is 14.0 Å². The number of anilines is 1. The molecule has 3 rings (SSSR count). The van der Waals surface area contributed by atoms with E-state index in [1.807, 2.05) is 0 Å². The van der Waals surface area contributed by atoms with Gasteiger partial charge in [0.25, 0.3) is 0 Å². The molecule has 7 heteroatoms. The van der Waals surface area contributed by atoms with Crippen molar-refractivity contribution >= 4 is 29.1 Å². The van der Waals surface area contributed by atoms with E-state index in [0.717, 1.165) is 0 Å². The predicted molar refractivity (Wildman–Crippen MR) is 99.3 cm³/mol. The van der Waals surface area contributed by atoms with Crippen LogP contribution in [0, 0.1) is 5.82 Å². The maximum Gasteiger partial charge on any atom is 0.221 e. The second-order valence-electron chi connectivity index (χ2n) is 5.53. The van der Waals surface area contributed by atoms with E-state index in [1.165, 1.54) is 30.8 Å². The molecule has 2 aromatic carbocycles. The second kappa shape index (κ2) is 7.97. The minimum Gasteiger partial charge on any atom is -0.326 e. The largest absolute Gasteiger partial charge is 0.326 e. The van der Waals surface area contributed by atoms with E-state index in [4.69, 9.17) is 0 Å². The quantitative estimate of drug-likeness (QED) is 0.528. The van der Waals surface area contributed by atoms with Crippen LogP contribution >= 0.6 is 11.8 Å². The standard InChI is InChI=1S/C19H16FN3O2S/c1-13(24)22-16-7-5-14(6-8-16)18(25)12-26-19-21-9-10-23(19)17-4-2-3-15(20)11-17/h2-11H,12H2,1H3,(H,22,24). The first-order valence-corrected chi connectivity index (χ1v) is 8.84. The fourth-order valence-electron chi connectivity index (χ4n) is 2.38. The number of carbonyl (C=O) groups excluding carboxylic acids is 2. The van der Waals surface area contributed by atoms with Gasteiger partial charge in [0.2, 0.25) is 5.91 Å². The topological polar surface area (TPSA) is 64.0 Å². The van der Waals surface area contributed by atoms with Gasteiger partial charge in [-0.3, -0.25) is 14.2 Å².